The zero-order valence-corrected chi connectivity index (χ0v) is 8.76. The smallest absolute Gasteiger partial charge is 0.391 e. The van der Waals surface area contributed by atoms with Gasteiger partial charge in [0.1, 0.15) is 0 Å². The summed E-state index contributed by atoms with van der Waals surface area (Å²) in [6.07, 6.45) is -3.92. The first-order valence-corrected chi connectivity index (χ1v) is 5.16. The zero-order valence-electron chi connectivity index (χ0n) is 8.76. The zero-order chi connectivity index (χ0) is 12.2. The number of aliphatic hydroxyl groups excluding tert-OH is 1. The van der Waals surface area contributed by atoms with E-state index in [1.54, 1.807) is 0 Å². The number of nitriles is 1. The van der Waals surface area contributed by atoms with Gasteiger partial charge < -0.3 is 9.84 Å². The maximum atomic E-state index is 12.5. The molecule has 1 rings (SSSR count). The van der Waals surface area contributed by atoms with Crippen molar-refractivity contribution >= 4 is 0 Å². The number of ether oxygens (including phenoxy) is 1. The van der Waals surface area contributed by atoms with Gasteiger partial charge in [-0.15, -0.1) is 0 Å². The van der Waals surface area contributed by atoms with Crippen molar-refractivity contribution in [1.82, 2.24) is 0 Å². The summed E-state index contributed by atoms with van der Waals surface area (Å²) in [6, 6.07) is 1.82. The van der Waals surface area contributed by atoms with Crippen molar-refractivity contribution < 1.29 is 23.0 Å². The maximum Gasteiger partial charge on any atom is 0.391 e. The fourth-order valence-corrected chi connectivity index (χ4v) is 2.02. The molecule has 0 saturated heterocycles. The first-order valence-electron chi connectivity index (χ1n) is 5.16. The Morgan fingerprint density at radius 2 is 2.19 bits per heavy atom. The molecule has 16 heavy (non-hydrogen) atoms. The number of nitrogens with zero attached hydrogens (tertiary/aromatic N) is 1. The molecule has 1 aliphatic rings. The van der Waals surface area contributed by atoms with E-state index in [9.17, 15) is 13.2 Å². The Labute approximate surface area is 91.8 Å². The third-order valence-electron chi connectivity index (χ3n) is 2.85. The van der Waals surface area contributed by atoms with E-state index in [4.69, 9.17) is 15.1 Å². The molecule has 2 atom stereocenters. The van der Waals surface area contributed by atoms with Gasteiger partial charge in [-0.05, 0) is 19.3 Å². The molecule has 3 nitrogen and oxygen atoms in total. The van der Waals surface area contributed by atoms with Gasteiger partial charge in [-0.1, -0.05) is 0 Å². The van der Waals surface area contributed by atoms with Crippen LogP contribution in [0.25, 0.3) is 0 Å². The van der Waals surface area contributed by atoms with E-state index < -0.39 is 17.7 Å². The number of halogens is 3. The summed E-state index contributed by atoms with van der Waals surface area (Å²) < 4.78 is 42.7. The van der Waals surface area contributed by atoms with Crippen molar-refractivity contribution in [3.05, 3.63) is 0 Å². The van der Waals surface area contributed by atoms with Crippen molar-refractivity contribution in [1.29, 1.82) is 5.26 Å². The number of hydrogen-bond acceptors (Lipinski definition) is 3. The van der Waals surface area contributed by atoms with Crippen molar-refractivity contribution in [2.45, 2.75) is 37.5 Å². The molecule has 1 aliphatic carbocycles. The Kier molecular flexibility index (Phi) is 4.16. The number of aliphatic hydroxyl groups is 1. The van der Waals surface area contributed by atoms with Crippen LogP contribution in [0.2, 0.25) is 0 Å². The molecule has 2 unspecified atom stereocenters. The summed E-state index contributed by atoms with van der Waals surface area (Å²) in [7, 11) is 0. The van der Waals surface area contributed by atoms with Gasteiger partial charge in [-0.3, -0.25) is 0 Å². The third-order valence-corrected chi connectivity index (χ3v) is 2.85. The fourth-order valence-electron chi connectivity index (χ4n) is 2.02. The summed E-state index contributed by atoms with van der Waals surface area (Å²) in [5, 5.41) is 17.5. The molecule has 1 N–H and O–H groups in total. The molecule has 0 spiro atoms. The van der Waals surface area contributed by atoms with Crippen molar-refractivity contribution in [2.75, 3.05) is 13.2 Å². The lowest BCUT2D eigenvalue weighted by atomic mass is 9.78. The second kappa shape index (κ2) is 5.02. The molecule has 0 heterocycles. The molecule has 0 radical (unpaired) electrons. The SMILES string of the molecule is N#CC1(OCCO)CCCC(C(F)(F)F)C1. The molecule has 1 fully saturated rings. The Morgan fingerprint density at radius 1 is 1.50 bits per heavy atom. The summed E-state index contributed by atoms with van der Waals surface area (Å²) in [4.78, 5) is 0. The van der Waals surface area contributed by atoms with E-state index in [2.05, 4.69) is 0 Å². The fraction of sp³-hybridized carbons (Fsp3) is 0.900. The minimum Gasteiger partial charge on any atom is -0.394 e. The van der Waals surface area contributed by atoms with Gasteiger partial charge in [0.05, 0.1) is 25.2 Å². The largest absolute Gasteiger partial charge is 0.394 e. The highest BCUT2D eigenvalue weighted by Crippen LogP contribution is 2.42. The third kappa shape index (κ3) is 3.09. The van der Waals surface area contributed by atoms with Crippen LogP contribution in [0, 0.1) is 17.2 Å². The van der Waals surface area contributed by atoms with Crippen LogP contribution in [0.15, 0.2) is 0 Å². The van der Waals surface area contributed by atoms with Crippen LogP contribution >= 0.6 is 0 Å². The first-order chi connectivity index (χ1) is 7.43. The van der Waals surface area contributed by atoms with Gasteiger partial charge in [-0.2, -0.15) is 18.4 Å². The van der Waals surface area contributed by atoms with Crippen LogP contribution in [-0.2, 0) is 4.74 Å². The molecule has 1 saturated carbocycles. The predicted molar refractivity (Wildman–Crippen MR) is 49.4 cm³/mol. The van der Waals surface area contributed by atoms with Gasteiger partial charge in [0.15, 0.2) is 5.60 Å². The second-order valence-corrected chi connectivity index (χ2v) is 4.01. The molecule has 0 aromatic heterocycles. The highest BCUT2D eigenvalue weighted by Gasteiger charge is 2.48. The van der Waals surface area contributed by atoms with E-state index in [-0.39, 0.29) is 26.1 Å². The lowest BCUT2D eigenvalue weighted by molar-refractivity contribution is -0.200. The monoisotopic (exact) mass is 237 g/mol. The highest BCUT2D eigenvalue weighted by molar-refractivity contribution is 5.06. The summed E-state index contributed by atoms with van der Waals surface area (Å²) in [5.41, 5.74) is -1.37. The molecule has 0 aromatic rings. The van der Waals surface area contributed by atoms with Crippen LogP contribution in [-0.4, -0.2) is 30.1 Å². The molecular weight excluding hydrogens is 223 g/mol. The average Bonchev–Trinajstić information content (AvgIpc) is 2.25. The van der Waals surface area contributed by atoms with E-state index in [0.717, 1.165) is 0 Å². The van der Waals surface area contributed by atoms with Crippen LogP contribution < -0.4 is 0 Å². The summed E-state index contributed by atoms with van der Waals surface area (Å²) in [6.45, 7) is -0.391. The second-order valence-electron chi connectivity index (χ2n) is 4.01. The van der Waals surface area contributed by atoms with Gasteiger partial charge in [0, 0.05) is 6.42 Å². The number of hydrogen-bond donors (Lipinski definition) is 1. The summed E-state index contributed by atoms with van der Waals surface area (Å²) >= 11 is 0. The van der Waals surface area contributed by atoms with Crippen LogP contribution in [0.1, 0.15) is 25.7 Å². The highest BCUT2D eigenvalue weighted by atomic mass is 19.4. The lowest BCUT2D eigenvalue weighted by Crippen LogP contribution is -2.42. The quantitative estimate of drug-likeness (QED) is 0.816. The van der Waals surface area contributed by atoms with Gasteiger partial charge in [0.2, 0.25) is 0 Å². The molecular formula is C10H14F3NO2. The standard InChI is InChI=1S/C10H14F3NO2/c11-10(12,13)8-2-1-3-9(6-8,7-14)16-5-4-15/h8,15H,1-6H2. The topological polar surface area (TPSA) is 53.2 Å². The normalized spacial score (nSPS) is 31.1. The van der Waals surface area contributed by atoms with Crippen LogP contribution in [0.3, 0.4) is 0 Å². The van der Waals surface area contributed by atoms with Crippen molar-refractivity contribution in [2.24, 2.45) is 5.92 Å². The van der Waals surface area contributed by atoms with Crippen molar-refractivity contribution in [3.63, 3.8) is 0 Å². The van der Waals surface area contributed by atoms with Crippen molar-refractivity contribution in [3.8, 4) is 6.07 Å². The minimum absolute atomic E-state index is 0.0510. The Balaban J connectivity index is 2.69. The van der Waals surface area contributed by atoms with Crippen LogP contribution in [0.4, 0.5) is 13.2 Å². The number of rotatable bonds is 3. The van der Waals surface area contributed by atoms with E-state index in [1.165, 1.54) is 0 Å². The molecule has 6 heteroatoms. The van der Waals surface area contributed by atoms with Gasteiger partial charge in [0.25, 0.3) is 0 Å². The summed E-state index contributed by atoms with van der Waals surface area (Å²) in [5.74, 6) is -1.47. The molecule has 0 aliphatic heterocycles. The first kappa shape index (κ1) is 13.3. The van der Waals surface area contributed by atoms with E-state index in [0.29, 0.717) is 12.8 Å². The average molecular weight is 237 g/mol. The Morgan fingerprint density at radius 3 is 2.69 bits per heavy atom. The molecule has 92 valence electrons. The lowest BCUT2D eigenvalue weighted by Gasteiger charge is -2.36. The van der Waals surface area contributed by atoms with E-state index in [1.807, 2.05) is 6.07 Å². The Bertz CT molecular complexity index is 274. The van der Waals surface area contributed by atoms with Gasteiger partial charge >= 0.3 is 6.18 Å². The minimum atomic E-state index is -4.27. The maximum absolute atomic E-state index is 12.5. The molecule has 0 amide bonds. The van der Waals surface area contributed by atoms with E-state index >= 15 is 0 Å². The molecule has 0 bridgehead atoms. The predicted octanol–water partition coefficient (Wildman–Crippen LogP) is 2.01. The number of alkyl halides is 3. The van der Waals surface area contributed by atoms with Gasteiger partial charge in [-0.25, -0.2) is 0 Å². The molecule has 0 aromatic carbocycles. The Hall–Kier alpha value is -0.800. The van der Waals surface area contributed by atoms with Crippen LogP contribution in [0.5, 0.6) is 0 Å².